The quantitative estimate of drug-likeness (QED) is 0.806. The Morgan fingerprint density at radius 1 is 1.41 bits per heavy atom. The van der Waals surface area contributed by atoms with E-state index in [-0.39, 0.29) is 12.1 Å². The number of hydrogen-bond donors (Lipinski definition) is 2. The highest BCUT2D eigenvalue weighted by Crippen LogP contribution is 2.10. The van der Waals surface area contributed by atoms with Gasteiger partial charge in [-0.05, 0) is 6.42 Å². The fourth-order valence-electron chi connectivity index (χ4n) is 1.82. The molecule has 1 aromatic rings. The van der Waals surface area contributed by atoms with Crippen LogP contribution in [-0.2, 0) is 4.79 Å². The molecule has 90 valence electrons. The molecule has 0 saturated carbocycles. The summed E-state index contributed by atoms with van der Waals surface area (Å²) in [6, 6.07) is 9.44. The van der Waals surface area contributed by atoms with E-state index in [2.05, 4.69) is 16.0 Å². The number of nitrogens with zero attached hydrogens (tertiary/aromatic N) is 2. The molecule has 0 radical (unpaired) electrons. The largest absolute Gasteiger partial charge is 0.290 e. The number of hydrazine groups is 1. The minimum atomic E-state index is -0.107. The van der Waals surface area contributed by atoms with E-state index in [1.54, 1.807) is 12.1 Å². The first-order chi connectivity index (χ1) is 8.27. The van der Waals surface area contributed by atoms with Crippen molar-refractivity contribution in [2.75, 3.05) is 7.05 Å². The summed E-state index contributed by atoms with van der Waals surface area (Å²) in [5.41, 5.74) is 7.13. The average Bonchev–Trinajstić information content (AvgIpc) is 2.39. The van der Waals surface area contributed by atoms with Gasteiger partial charge in [0.15, 0.2) is 5.71 Å². The van der Waals surface area contributed by atoms with E-state index < -0.39 is 0 Å². The van der Waals surface area contributed by atoms with E-state index in [0.717, 1.165) is 12.0 Å². The lowest BCUT2D eigenvalue weighted by atomic mass is 10.1. The van der Waals surface area contributed by atoms with Crippen molar-refractivity contribution in [3.8, 4) is 0 Å². The van der Waals surface area contributed by atoms with E-state index in [1.807, 2.05) is 37.3 Å². The van der Waals surface area contributed by atoms with Gasteiger partial charge in [-0.25, -0.2) is 10.4 Å². The summed E-state index contributed by atoms with van der Waals surface area (Å²) in [6.45, 7) is 2.00. The van der Waals surface area contributed by atoms with Gasteiger partial charge in [0, 0.05) is 12.6 Å². The summed E-state index contributed by atoms with van der Waals surface area (Å²) in [6.07, 6.45) is 0.693. The first kappa shape index (κ1) is 11.6. The molecule has 1 aliphatic rings. The second kappa shape index (κ2) is 4.97. The van der Waals surface area contributed by atoms with Crippen LogP contribution in [0.25, 0.3) is 0 Å². The Labute approximate surface area is 100 Å². The highest BCUT2D eigenvalue weighted by Gasteiger charge is 2.30. The molecule has 0 aromatic heterocycles. The third-order valence-electron chi connectivity index (χ3n) is 2.73. The molecule has 0 fully saturated rings. The smallest absolute Gasteiger partial charge is 0.286 e. The molecule has 0 spiro atoms. The molecule has 17 heavy (non-hydrogen) atoms. The molecule has 1 aromatic carbocycles. The van der Waals surface area contributed by atoms with Crippen molar-refractivity contribution in [2.24, 2.45) is 5.10 Å². The first-order valence-electron chi connectivity index (χ1n) is 5.67. The highest BCUT2D eigenvalue weighted by atomic mass is 16.2. The van der Waals surface area contributed by atoms with Crippen LogP contribution in [0.1, 0.15) is 18.9 Å². The number of amides is 1. The number of hydrazone groups is 1. The van der Waals surface area contributed by atoms with Crippen LogP contribution in [0.15, 0.2) is 35.4 Å². The summed E-state index contributed by atoms with van der Waals surface area (Å²) >= 11 is 0. The fourth-order valence-corrected chi connectivity index (χ4v) is 1.82. The molecule has 1 unspecified atom stereocenters. The molecule has 1 atom stereocenters. The lowest BCUT2D eigenvalue weighted by Crippen LogP contribution is -2.58. The molecule has 5 heteroatoms. The molecule has 0 bridgehead atoms. The maximum absolute atomic E-state index is 12.2. The van der Waals surface area contributed by atoms with E-state index in [1.165, 1.54) is 0 Å². The van der Waals surface area contributed by atoms with Crippen LogP contribution in [-0.4, -0.2) is 29.8 Å². The molecule has 0 aliphatic carbocycles. The van der Waals surface area contributed by atoms with Gasteiger partial charge in [-0.3, -0.25) is 10.2 Å². The first-order valence-corrected chi connectivity index (χ1v) is 5.67. The van der Waals surface area contributed by atoms with Gasteiger partial charge in [-0.2, -0.15) is 5.10 Å². The second-order valence-electron chi connectivity index (χ2n) is 3.78. The van der Waals surface area contributed by atoms with Crippen LogP contribution in [0.4, 0.5) is 0 Å². The second-order valence-corrected chi connectivity index (χ2v) is 3.78. The number of carbonyl (C=O) groups excluding carboxylic acids is 1. The van der Waals surface area contributed by atoms with Gasteiger partial charge in [0.1, 0.15) is 6.17 Å². The van der Waals surface area contributed by atoms with Crippen LogP contribution < -0.4 is 10.9 Å². The fraction of sp³-hybridized carbons (Fsp3) is 0.333. The van der Waals surface area contributed by atoms with Crippen molar-refractivity contribution in [1.29, 1.82) is 0 Å². The zero-order valence-corrected chi connectivity index (χ0v) is 9.97. The third-order valence-corrected chi connectivity index (χ3v) is 2.73. The molecule has 1 aliphatic heterocycles. The molecule has 0 saturated heterocycles. The number of benzene rings is 1. The molecule has 1 amide bonds. The highest BCUT2D eigenvalue weighted by molar-refractivity contribution is 6.45. The van der Waals surface area contributed by atoms with Crippen LogP contribution in [0.2, 0.25) is 0 Å². The van der Waals surface area contributed by atoms with Crippen molar-refractivity contribution >= 4 is 11.6 Å². The van der Waals surface area contributed by atoms with E-state index in [9.17, 15) is 4.79 Å². The van der Waals surface area contributed by atoms with Crippen LogP contribution in [0, 0.1) is 0 Å². The van der Waals surface area contributed by atoms with Crippen molar-refractivity contribution in [3.05, 3.63) is 35.9 Å². The summed E-state index contributed by atoms with van der Waals surface area (Å²) in [5, 5.41) is 5.73. The molecule has 2 N–H and O–H groups in total. The van der Waals surface area contributed by atoms with Gasteiger partial charge in [0.25, 0.3) is 5.91 Å². The van der Waals surface area contributed by atoms with Gasteiger partial charge < -0.3 is 0 Å². The van der Waals surface area contributed by atoms with Gasteiger partial charge in [0.2, 0.25) is 0 Å². The number of nitrogens with one attached hydrogen (secondary N) is 2. The Morgan fingerprint density at radius 2 is 2.12 bits per heavy atom. The minimum Gasteiger partial charge on any atom is -0.286 e. The van der Waals surface area contributed by atoms with E-state index in [0.29, 0.717) is 5.71 Å². The van der Waals surface area contributed by atoms with Crippen LogP contribution in [0.3, 0.4) is 0 Å². The maximum atomic E-state index is 12.2. The number of carbonyl (C=O) groups is 1. The molecule has 1 heterocycles. The maximum Gasteiger partial charge on any atom is 0.290 e. The monoisotopic (exact) mass is 232 g/mol. The summed E-state index contributed by atoms with van der Waals surface area (Å²) in [5.74, 6) is -0.107. The predicted molar refractivity (Wildman–Crippen MR) is 66.1 cm³/mol. The standard InChI is InChI=1S/C12H16N4O/c1-3-10-14-15-11(12(17)16(10)13-2)9-7-5-4-6-8-9/h4-8,10,13-14H,3H2,1-2H3. The Balaban J connectivity index is 2.31. The Kier molecular flexibility index (Phi) is 3.39. The summed E-state index contributed by atoms with van der Waals surface area (Å²) in [7, 11) is 1.73. The molecule has 2 rings (SSSR count). The molecular weight excluding hydrogens is 216 g/mol. The number of hydrogen-bond acceptors (Lipinski definition) is 4. The van der Waals surface area contributed by atoms with Crippen LogP contribution >= 0.6 is 0 Å². The summed E-state index contributed by atoms with van der Waals surface area (Å²) < 4.78 is 0. The van der Waals surface area contributed by atoms with Gasteiger partial charge >= 0.3 is 0 Å². The Morgan fingerprint density at radius 3 is 2.71 bits per heavy atom. The van der Waals surface area contributed by atoms with Crippen molar-refractivity contribution in [1.82, 2.24) is 15.9 Å². The van der Waals surface area contributed by atoms with Gasteiger partial charge in [0.05, 0.1) is 0 Å². The minimum absolute atomic E-state index is 0.0973. The van der Waals surface area contributed by atoms with E-state index >= 15 is 0 Å². The third kappa shape index (κ3) is 2.14. The lowest BCUT2D eigenvalue weighted by Gasteiger charge is -2.33. The van der Waals surface area contributed by atoms with Gasteiger partial charge in [-0.1, -0.05) is 37.3 Å². The number of rotatable bonds is 3. The lowest BCUT2D eigenvalue weighted by molar-refractivity contribution is -0.131. The molecule has 5 nitrogen and oxygen atoms in total. The Bertz CT molecular complexity index is 429. The normalized spacial score (nSPS) is 19.9. The zero-order valence-electron chi connectivity index (χ0n) is 9.97. The Hall–Kier alpha value is -1.88. The van der Waals surface area contributed by atoms with Crippen molar-refractivity contribution < 1.29 is 4.79 Å². The topological polar surface area (TPSA) is 56.7 Å². The average molecular weight is 232 g/mol. The van der Waals surface area contributed by atoms with Crippen LogP contribution in [0.5, 0.6) is 0 Å². The van der Waals surface area contributed by atoms with Crippen molar-refractivity contribution in [2.45, 2.75) is 19.5 Å². The molecular formula is C12H16N4O. The predicted octanol–water partition coefficient (Wildman–Crippen LogP) is 0.693. The SMILES string of the molecule is CCC1NN=C(c2ccccc2)C(=O)N1NC. The van der Waals surface area contributed by atoms with Crippen molar-refractivity contribution in [3.63, 3.8) is 0 Å². The summed E-state index contributed by atoms with van der Waals surface area (Å²) in [4.78, 5) is 12.2. The zero-order chi connectivity index (χ0) is 12.3. The van der Waals surface area contributed by atoms with Gasteiger partial charge in [-0.15, -0.1) is 0 Å². The van der Waals surface area contributed by atoms with E-state index in [4.69, 9.17) is 0 Å².